The Bertz CT molecular complexity index is 1120. The zero-order chi connectivity index (χ0) is 23.7. The van der Waals surface area contributed by atoms with Crippen molar-refractivity contribution in [2.45, 2.75) is 19.9 Å². The third kappa shape index (κ3) is 4.36. The lowest BCUT2D eigenvalue weighted by molar-refractivity contribution is -0.140. The van der Waals surface area contributed by atoms with E-state index in [9.17, 15) is 24.2 Å². The molecule has 8 heteroatoms. The van der Waals surface area contributed by atoms with Gasteiger partial charge in [0.1, 0.15) is 17.3 Å². The van der Waals surface area contributed by atoms with E-state index in [4.69, 9.17) is 4.74 Å². The minimum absolute atomic E-state index is 0.0330. The summed E-state index contributed by atoms with van der Waals surface area (Å²) >= 11 is 0. The number of morpholine rings is 1. The van der Waals surface area contributed by atoms with Gasteiger partial charge in [0.2, 0.25) is 0 Å². The molecule has 0 unspecified atom stereocenters. The van der Waals surface area contributed by atoms with E-state index < -0.39 is 29.3 Å². The normalized spacial score (nSPS) is 21.1. The van der Waals surface area contributed by atoms with Crippen LogP contribution in [0.2, 0.25) is 0 Å². The number of hydrogen-bond donors (Lipinski definition) is 2. The second-order valence-corrected chi connectivity index (χ2v) is 8.42. The predicted octanol–water partition coefficient (Wildman–Crippen LogP) is 2.90. The Hall–Kier alpha value is -3.23. The molecule has 2 fully saturated rings. The van der Waals surface area contributed by atoms with Gasteiger partial charge >= 0.3 is 0 Å². The number of aliphatic hydroxyl groups excluding tert-OH is 1. The summed E-state index contributed by atoms with van der Waals surface area (Å²) in [6.45, 7) is 6.85. The SMILES string of the molecule is Cc1cc(O)c(C(O)=C2C(=O)C(=O)N(CCN3CCOCC3)[C@H]2c2ccccc2F)cc1C. The first-order chi connectivity index (χ1) is 15.8. The topological polar surface area (TPSA) is 90.3 Å². The zero-order valence-electron chi connectivity index (χ0n) is 18.7. The summed E-state index contributed by atoms with van der Waals surface area (Å²) in [5.74, 6) is -3.03. The first-order valence-corrected chi connectivity index (χ1v) is 10.9. The van der Waals surface area contributed by atoms with E-state index in [0.29, 0.717) is 32.8 Å². The lowest BCUT2D eigenvalue weighted by Crippen LogP contribution is -2.42. The quantitative estimate of drug-likeness (QED) is 0.410. The molecule has 0 radical (unpaired) electrons. The average Bonchev–Trinajstić information content (AvgIpc) is 3.05. The molecule has 0 saturated carbocycles. The highest BCUT2D eigenvalue weighted by molar-refractivity contribution is 6.46. The van der Waals surface area contributed by atoms with Gasteiger partial charge in [0.05, 0.1) is 30.4 Å². The van der Waals surface area contributed by atoms with Gasteiger partial charge in [-0.05, 0) is 43.2 Å². The molecule has 0 aromatic heterocycles. The second kappa shape index (κ2) is 9.33. The molecule has 0 bridgehead atoms. The number of nitrogens with zero attached hydrogens (tertiary/aromatic N) is 2. The van der Waals surface area contributed by atoms with Crippen molar-refractivity contribution in [2.75, 3.05) is 39.4 Å². The smallest absolute Gasteiger partial charge is 0.295 e. The van der Waals surface area contributed by atoms with Crippen LogP contribution in [0, 0.1) is 19.7 Å². The van der Waals surface area contributed by atoms with E-state index >= 15 is 0 Å². The van der Waals surface area contributed by atoms with E-state index in [-0.39, 0.29) is 29.0 Å². The first-order valence-electron chi connectivity index (χ1n) is 10.9. The Labute approximate surface area is 191 Å². The van der Waals surface area contributed by atoms with Crippen molar-refractivity contribution < 1.29 is 28.9 Å². The van der Waals surface area contributed by atoms with E-state index in [0.717, 1.165) is 11.1 Å². The summed E-state index contributed by atoms with van der Waals surface area (Å²) < 4.78 is 20.2. The number of phenols is 1. The fourth-order valence-electron chi connectivity index (χ4n) is 4.34. The molecule has 2 heterocycles. The Kier molecular flexibility index (Phi) is 6.49. The van der Waals surface area contributed by atoms with Crippen LogP contribution in [0.15, 0.2) is 42.0 Å². The number of halogens is 1. The summed E-state index contributed by atoms with van der Waals surface area (Å²) in [4.78, 5) is 29.5. The molecule has 2 N–H and O–H groups in total. The first kappa shape index (κ1) is 22.9. The van der Waals surface area contributed by atoms with E-state index in [1.54, 1.807) is 19.1 Å². The third-order valence-electron chi connectivity index (χ3n) is 6.37. The maximum atomic E-state index is 14.9. The lowest BCUT2D eigenvalue weighted by atomic mass is 9.93. The van der Waals surface area contributed by atoms with Crippen LogP contribution >= 0.6 is 0 Å². The Morgan fingerprint density at radius 1 is 1.09 bits per heavy atom. The summed E-state index contributed by atoms with van der Waals surface area (Å²) in [6, 6.07) is 7.83. The molecule has 2 saturated heterocycles. The minimum Gasteiger partial charge on any atom is -0.507 e. The molecule has 1 atom stereocenters. The third-order valence-corrected chi connectivity index (χ3v) is 6.37. The number of ketones is 1. The van der Waals surface area contributed by atoms with Crippen molar-refractivity contribution in [1.29, 1.82) is 0 Å². The van der Waals surface area contributed by atoms with Gasteiger partial charge in [0, 0.05) is 31.7 Å². The van der Waals surface area contributed by atoms with Crippen LogP contribution in [-0.4, -0.2) is 71.1 Å². The van der Waals surface area contributed by atoms with Crippen molar-refractivity contribution in [3.8, 4) is 5.75 Å². The largest absolute Gasteiger partial charge is 0.507 e. The number of likely N-dealkylation sites (tertiary alicyclic amines) is 1. The molecular weight excluding hydrogens is 427 g/mol. The molecule has 174 valence electrons. The number of carbonyl (C=O) groups excluding carboxylic acids is 2. The number of ether oxygens (including phenoxy) is 1. The van der Waals surface area contributed by atoms with Gasteiger partial charge in [-0.3, -0.25) is 14.5 Å². The fraction of sp³-hybridized carbons (Fsp3) is 0.360. The Morgan fingerprint density at radius 3 is 2.45 bits per heavy atom. The summed E-state index contributed by atoms with van der Waals surface area (Å²) in [5, 5.41) is 21.6. The van der Waals surface area contributed by atoms with Crippen molar-refractivity contribution in [3.63, 3.8) is 0 Å². The molecule has 0 spiro atoms. The van der Waals surface area contributed by atoms with Gasteiger partial charge in [-0.15, -0.1) is 0 Å². The molecule has 4 rings (SSSR count). The second-order valence-electron chi connectivity index (χ2n) is 8.42. The molecule has 7 nitrogen and oxygen atoms in total. The van der Waals surface area contributed by atoms with Crippen molar-refractivity contribution in [2.24, 2.45) is 0 Å². The number of rotatable bonds is 5. The van der Waals surface area contributed by atoms with Gasteiger partial charge in [0.15, 0.2) is 0 Å². The zero-order valence-corrected chi connectivity index (χ0v) is 18.7. The molecule has 2 aliphatic rings. The van der Waals surface area contributed by atoms with E-state index in [1.165, 1.54) is 29.2 Å². The predicted molar refractivity (Wildman–Crippen MR) is 120 cm³/mol. The number of Topliss-reactive ketones (excluding diaryl/α,β-unsaturated/α-hetero) is 1. The molecule has 2 aromatic rings. The maximum absolute atomic E-state index is 14.9. The minimum atomic E-state index is -1.10. The number of phenolic OH excluding ortho intramolecular Hbond substituents is 1. The van der Waals surface area contributed by atoms with Crippen LogP contribution in [0.3, 0.4) is 0 Å². The number of aliphatic hydroxyl groups is 1. The van der Waals surface area contributed by atoms with Crippen LogP contribution in [0.4, 0.5) is 4.39 Å². The number of benzene rings is 2. The maximum Gasteiger partial charge on any atom is 0.295 e. The highest BCUT2D eigenvalue weighted by Gasteiger charge is 2.47. The number of carbonyl (C=O) groups is 2. The fourth-order valence-corrected chi connectivity index (χ4v) is 4.34. The Morgan fingerprint density at radius 2 is 1.76 bits per heavy atom. The number of aromatic hydroxyl groups is 1. The van der Waals surface area contributed by atoms with Crippen molar-refractivity contribution in [1.82, 2.24) is 9.80 Å². The van der Waals surface area contributed by atoms with Gasteiger partial charge in [0.25, 0.3) is 11.7 Å². The van der Waals surface area contributed by atoms with Crippen LogP contribution in [0.25, 0.3) is 5.76 Å². The van der Waals surface area contributed by atoms with E-state index in [2.05, 4.69) is 4.90 Å². The van der Waals surface area contributed by atoms with Crippen molar-refractivity contribution >= 4 is 17.4 Å². The molecule has 0 aliphatic carbocycles. The molecule has 2 aliphatic heterocycles. The van der Waals surface area contributed by atoms with Gasteiger partial charge < -0.3 is 19.8 Å². The lowest BCUT2D eigenvalue weighted by Gasteiger charge is -2.31. The molecule has 2 aromatic carbocycles. The summed E-state index contributed by atoms with van der Waals surface area (Å²) in [6.07, 6.45) is 0. The standard InChI is InChI=1S/C25H27FN2O5/c1-15-13-18(20(29)14-16(15)2)23(30)21-22(17-5-3-4-6-19(17)26)28(25(32)24(21)31)8-7-27-9-11-33-12-10-27/h3-6,13-14,22,29-30H,7-12H2,1-2H3/t22-/m0/s1. The van der Waals surface area contributed by atoms with E-state index in [1.807, 2.05) is 6.92 Å². The monoisotopic (exact) mass is 454 g/mol. The van der Waals surface area contributed by atoms with Gasteiger partial charge in [-0.25, -0.2) is 4.39 Å². The number of amides is 1. The van der Waals surface area contributed by atoms with Crippen LogP contribution < -0.4 is 0 Å². The molecule has 1 amide bonds. The van der Waals surface area contributed by atoms with Crippen LogP contribution in [0.1, 0.15) is 28.3 Å². The van der Waals surface area contributed by atoms with Crippen molar-refractivity contribution in [3.05, 3.63) is 70.0 Å². The summed E-state index contributed by atoms with van der Waals surface area (Å²) in [7, 11) is 0. The number of aryl methyl sites for hydroxylation is 2. The average molecular weight is 454 g/mol. The van der Waals surface area contributed by atoms with Gasteiger partial charge in [-0.2, -0.15) is 0 Å². The highest BCUT2D eigenvalue weighted by Crippen LogP contribution is 2.41. The molecular formula is C25H27FN2O5. The summed E-state index contributed by atoms with van der Waals surface area (Å²) in [5.41, 5.74) is 1.51. The highest BCUT2D eigenvalue weighted by atomic mass is 19.1. The van der Waals surface area contributed by atoms with Crippen LogP contribution in [-0.2, 0) is 14.3 Å². The number of hydrogen-bond acceptors (Lipinski definition) is 6. The Balaban J connectivity index is 1.80. The molecule has 33 heavy (non-hydrogen) atoms. The van der Waals surface area contributed by atoms with Gasteiger partial charge in [-0.1, -0.05) is 18.2 Å². The van der Waals surface area contributed by atoms with Crippen LogP contribution in [0.5, 0.6) is 5.75 Å².